The number of nitrogens with zero attached hydrogens (tertiary/aromatic N) is 1. The molecule has 116 valence electrons. The van der Waals surface area contributed by atoms with Crippen molar-refractivity contribution >= 4 is 17.6 Å². The molecule has 1 atom stereocenters. The molecule has 5 nitrogen and oxygen atoms in total. The summed E-state index contributed by atoms with van der Waals surface area (Å²) in [5.41, 5.74) is 0.970. The van der Waals surface area contributed by atoms with Crippen LogP contribution in [-0.2, 0) is 6.42 Å². The summed E-state index contributed by atoms with van der Waals surface area (Å²) in [4.78, 5) is 13.7. The third-order valence-corrected chi connectivity index (χ3v) is 4.13. The van der Waals surface area contributed by atoms with E-state index in [-0.39, 0.29) is 18.7 Å². The second kappa shape index (κ2) is 7.52. The van der Waals surface area contributed by atoms with Crippen molar-refractivity contribution in [1.29, 1.82) is 0 Å². The summed E-state index contributed by atoms with van der Waals surface area (Å²) in [7, 11) is 1.60. The van der Waals surface area contributed by atoms with E-state index in [1.165, 1.54) is 0 Å². The van der Waals surface area contributed by atoms with Gasteiger partial charge in [0, 0.05) is 18.1 Å². The van der Waals surface area contributed by atoms with Crippen LogP contribution in [0.2, 0.25) is 5.02 Å². The van der Waals surface area contributed by atoms with E-state index in [2.05, 4.69) is 5.32 Å². The predicted octanol–water partition coefficient (Wildman–Crippen LogP) is 2.06. The molecule has 21 heavy (non-hydrogen) atoms. The molecule has 0 spiro atoms. The number of halogens is 1. The molecule has 1 aliphatic rings. The first-order chi connectivity index (χ1) is 10.2. The van der Waals surface area contributed by atoms with Crippen molar-refractivity contribution in [2.45, 2.75) is 25.3 Å². The molecule has 0 radical (unpaired) electrons. The minimum absolute atomic E-state index is 0.0255. The maximum absolute atomic E-state index is 12.0. The van der Waals surface area contributed by atoms with Gasteiger partial charge in [0.15, 0.2) is 0 Å². The third-order valence-electron chi connectivity index (χ3n) is 3.78. The van der Waals surface area contributed by atoms with Gasteiger partial charge >= 0.3 is 6.03 Å². The van der Waals surface area contributed by atoms with Crippen LogP contribution in [0.3, 0.4) is 0 Å². The maximum atomic E-state index is 12.0. The molecule has 0 aliphatic carbocycles. The fraction of sp³-hybridized carbons (Fsp3) is 0.533. The van der Waals surface area contributed by atoms with Crippen molar-refractivity contribution in [2.24, 2.45) is 0 Å². The van der Waals surface area contributed by atoms with Gasteiger partial charge in [-0.3, -0.25) is 0 Å². The predicted molar refractivity (Wildman–Crippen MR) is 81.9 cm³/mol. The van der Waals surface area contributed by atoms with Gasteiger partial charge in [0.2, 0.25) is 0 Å². The number of hydrogen-bond acceptors (Lipinski definition) is 3. The van der Waals surface area contributed by atoms with Crippen LogP contribution < -0.4 is 10.1 Å². The number of carbonyl (C=O) groups excluding carboxylic acids is 1. The van der Waals surface area contributed by atoms with Gasteiger partial charge in [-0.05, 0) is 37.0 Å². The summed E-state index contributed by atoms with van der Waals surface area (Å²) in [6.45, 7) is 1.25. The Morgan fingerprint density at radius 2 is 2.38 bits per heavy atom. The van der Waals surface area contributed by atoms with E-state index in [9.17, 15) is 9.90 Å². The number of nitrogens with one attached hydrogen (secondary N) is 1. The quantitative estimate of drug-likeness (QED) is 0.875. The van der Waals surface area contributed by atoms with E-state index in [1.807, 2.05) is 12.1 Å². The SMILES string of the molecule is COc1ccc(CCNC(=O)N2CCCC2CO)c(Cl)c1. The van der Waals surface area contributed by atoms with Gasteiger partial charge in [-0.1, -0.05) is 17.7 Å². The fourth-order valence-electron chi connectivity index (χ4n) is 2.56. The molecule has 1 aliphatic heterocycles. The number of urea groups is 1. The number of hydrogen-bond donors (Lipinski definition) is 2. The lowest BCUT2D eigenvalue weighted by Crippen LogP contribution is -2.44. The summed E-state index contributed by atoms with van der Waals surface area (Å²) >= 11 is 6.16. The second-order valence-electron chi connectivity index (χ2n) is 5.11. The molecular weight excluding hydrogens is 292 g/mol. The number of methoxy groups -OCH3 is 1. The molecule has 2 N–H and O–H groups in total. The molecule has 1 heterocycles. The minimum Gasteiger partial charge on any atom is -0.497 e. The van der Waals surface area contributed by atoms with Crippen LogP contribution in [0.25, 0.3) is 0 Å². The van der Waals surface area contributed by atoms with E-state index >= 15 is 0 Å². The van der Waals surface area contributed by atoms with Gasteiger partial charge in [0.25, 0.3) is 0 Å². The van der Waals surface area contributed by atoms with E-state index in [0.717, 1.165) is 24.2 Å². The van der Waals surface area contributed by atoms with Crippen LogP contribution >= 0.6 is 11.6 Å². The zero-order valence-corrected chi connectivity index (χ0v) is 12.9. The maximum Gasteiger partial charge on any atom is 0.317 e. The zero-order valence-electron chi connectivity index (χ0n) is 12.1. The Morgan fingerprint density at radius 3 is 3.05 bits per heavy atom. The van der Waals surface area contributed by atoms with Crippen LogP contribution in [0.1, 0.15) is 18.4 Å². The van der Waals surface area contributed by atoms with Crippen molar-refractivity contribution in [3.63, 3.8) is 0 Å². The van der Waals surface area contributed by atoms with Crippen LogP contribution in [0.15, 0.2) is 18.2 Å². The number of rotatable bonds is 5. The summed E-state index contributed by atoms with van der Waals surface area (Å²) in [6.07, 6.45) is 2.48. The number of carbonyl (C=O) groups is 1. The van der Waals surface area contributed by atoms with Gasteiger partial charge < -0.3 is 20.1 Å². The number of ether oxygens (including phenoxy) is 1. The van der Waals surface area contributed by atoms with Crippen LogP contribution in [-0.4, -0.2) is 48.9 Å². The first-order valence-electron chi connectivity index (χ1n) is 7.13. The van der Waals surface area contributed by atoms with Crippen molar-refractivity contribution in [3.05, 3.63) is 28.8 Å². The van der Waals surface area contributed by atoms with Crippen LogP contribution in [0.4, 0.5) is 4.79 Å². The molecule has 1 aromatic carbocycles. The minimum atomic E-state index is -0.115. The summed E-state index contributed by atoms with van der Waals surface area (Å²) in [5.74, 6) is 0.718. The van der Waals surface area contributed by atoms with Crippen LogP contribution in [0, 0.1) is 0 Å². The van der Waals surface area contributed by atoms with Crippen molar-refractivity contribution < 1.29 is 14.6 Å². The van der Waals surface area contributed by atoms with E-state index in [1.54, 1.807) is 18.1 Å². The van der Waals surface area contributed by atoms with Crippen molar-refractivity contribution in [2.75, 3.05) is 26.8 Å². The first-order valence-corrected chi connectivity index (χ1v) is 7.51. The number of aliphatic hydroxyl groups is 1. The van der Waals surface area contributed by atoms with E-state index < -0.39 is 0 Å². The molecule has 1 unspecified atom stereocenters. The average Bonchev–Trinajstić information content (AvgIpc) is 2.97. The van der Waals surface area contributed by atoms with E-state index in [4.69, 9.17) is 16.3 Å². The molecular formula is C15H21ClN2O3. The second-order valence-corrected chi connectivity index (χ2v) is 5.52. The molecule has 2 amide bonds. The largest absolute Gasteiger partial charge is 0.497 e. The molecule has 1 fully saturated rings. The normalized spacial score (nSPS) is 17.9. The van der Waals surface area contributed by atoms with Crippen molar-refractivity contribution in [1.82, 2.24) is 10.2 Å². The molecule has 0 bridgehead atoms. The van der Waals surface area contributed by atoms with Gasteiger partial charge in [0.1, 0.15) is 5.75 Å². The Balaban J connectivity index is 1.82. The first kappa shape index (κ1) is 15.9. The number of aliphatic hydroxyl groups excluding tert-OH is 1. The monoisotopic (exact) mass is 312 g/mol. The zero-order chi connectivity index (χ0) is 15.2. The molecule has 0 saturated carbocycles. The Labute approximate surface area is 129 Å². The number of amides is 2. The lowest BCUT2D eigenvalue weighted by molar-refractivity contribution is 0.157. The molecule has 6 heteroatoms. The van der Waals surface area contributed by atoms with E-state index in [0.29, 0.717) is 24.5 Å². The van der Waals surface area contributed by atoms with Gasteiger partial charge in [-0.15, -0.1) is 0 Å². The smallest absolute Gasteiger partial charge is 0.317 e. The highest BCUT2D eigenvalue weighted by atomic mass is 35.5. The molecule has 2 rings (SSSR count). The fourth-order valence-corrected chi connectivity index (χ4v) is 2.82. The Hall–Kier alpha value is -1.46. The van der Waals surface area contributed by atoms with Gasteiger partial charge in [0.05, 0.1) is 19.8 Å². The standard InChI is InChI=1S/C15H21ClN2O3/c1-21-13-5-4-11(14(16)9-13)6-7-17-15(20)18-8-2-3-12(18)10-19/h4-5,9,12,19H,2-3,6-8,10H2,1H3,(H,17,20). The molecule has 1 aromatic rings. The Bertz CT molecular complexity index is 496. The van der Waals surface area contributed by atoms with Gasteiger partial charge in [-0.2, -0.15) is 0 Å². The summed E-state index contributed by atoms with van der Waals surface area (Å²) in [6, 6.07) is 5.36. The van der Waals surface area contributed by atoms with Crippen LogP contribution in [0.5, 0.6) is 5.75 Å². The molecule has 1 saturated heterocycles. The lowest BCUT2D eigenvalue weighted by atomic mass is 10.1. The van der Waals surface area contributed by atoms with Crippen molar-refractivity contribution in [3.8, 4) is 5.75 Å². The topological polar surface area (TPSA) is 61.8 Å². The summed E-state index contributed by atoms with van der Waals surface area (Å²) < 4.78 is 5.10. The third kappa shape index (κ3) is 4.02. The molecule has 0 aromatic heterocycles. The Morgan fingerprint density at radius 1 is 1.57 bits per heavy atom. The average molecular weight is 313 g/mol. The summed E-state index contributed by atoms with van der Waals surface area (Å²) in [5, 5.41) is 12.7. The number of likely N-dealkylation sites (tertiary alicyclic amines) is 1. The van der Waals surface area contributed by atoms with Gasteiger partial charge in [-0.25, -0.2) is 4.79 Å². The highest BCUT2D eigenvalue weighted by Gasteiger charge is 2.27. The number of benzene rings is 1. The highest BCUT2D eigenvalue weighted by molar-refractivity contribution is 6.31. The Kier molecular flexibility index (Phi) is 5.70. The highest BCUT2D eigenvalue weighted by Crippen LogP contribution is 2.22. The lowest BCUT2D eigenvalue weighted by Gasteiger charge is -2.23.